The second kappa shape index (κ2) is 5.46. The maximum absolute atomic E-state index is 11.9. The molecule has 2 heterocycles. The molecule has 0 radical (unpaired) electrons. The van der Waals surface area contributed by atoms with E-state index in [0.717, 1.165) is 36.5 Å². The first-order valence-corrected chi connectivity index (χ1v) is 6.94. The van der Waals surface area contributed by atoms with Crippen LogP contribution in [0, 0.1) is 0 Å². The Morgan fingerprint density at radius 3 is 2.85 bits per heavy atom. The summed E-state index contributed by atoms with van der Waals surface area (Å²) in [6.07, 6.45) is 4.52. The van der Waals surface area contributed by atoms with Gasteiger partial charge in [-0.05, 0) is 24.5 Å². The summed E-state index contributed by atoms with van der Waals surface area (Å²) in [6.45, 7) is 1.22. The number of rotatable bonds is 3. The number of piperidine rings is 1. The summed E-state index contributed by atoms with van der Waals surface area (Å²) in [4.78, 5) is 13.7. The van der Waals surface area contributed by atoms with Crippen molar-refractivity contribution in [3.05, 3.63) is 42.1 Å². The number of anilines is 1. The average molecular weight is 270 g/mol. The summed E-state index contributed by atoms with van der Waals surface area (Å²) in [5, 5.41) is 4.53. The van der Waals surface area contributed by atoms with Crippen LogP contribution in [0.1, 0.15) is 24.8 Å². The third kappa shape index (κ3) is 2.32. The number of aromatic nitrogens is 2. The maximum Gasteiger partial charge on any atom is 0.228 e. The highest BCUT2D eigenvalue weighted by atomic mass is 16.2. The van der Waals surface area contributed by atoms with Crippen molar-refractivity contribution in [2.24, 2.45) is 5.73 Å². The fourth-order valence-corrected chi connectivity index (χ4v) is 2.55. The molecule has 0 saturated carbocycles. The zero-order chi connectivity index (χ0) is 13.9. The van der Waals surface area contributed by atoms with Gasteiger partial charge < -0.3 is 5.73 Å². The number of benzene rings is 1. The van der Waals surface area contributed by atoms with Crippen LogP contribution in [-0.2, 0) is 11.3 Å². The van der Waals surface area contributed by atoms with Crippen molar-refractivity contribution in [1.82, 2.24) is 9.78 Å². The average Bonchev–Trinajstić information content (AvgIpc) is 2.97. The monoisotopic (exact) mass is 270 g/mol. The van der Waals surface area contributed by atoms with E-state index in [1.165, 1.54) is 0 Å². The van der Waals surface area contributed by atoms with Gasteiger partial charge in [0, 0.05) is 31.8 Å². The molecule has 3 rings (SSSR count). The number of carbonyl (C=O) groups excluding carboxylic acids is 1. The van der Waals surface area contributed by atoms with Gasteiger partial charge in [-0.3, -0.25) is 9.69 Å². The molecule has 0 spiro atoms. The zero-order valence-corrected chi connectivity index (χ0v) is 11.3. The van der Waals surface area contributed by atoms with E-state index in [2.05, 4.69) is 5.10 Å². The Balaban J connectivity index is 1.92. The molecule has 0 unspecified atom stereocenters. The van der Waals surface area contributed by atoms with Crippen LogP contribution in [0.4, 0.5) is 5.82 Å². The number of nitrogens with two attached hydrogens (primary N) is 1. The number of amides is 1. The van der Waals surface area contributed by atoms with Gasteiger partial charge in [-0.1, -0.05) is 18.2 Å². The van der Waals surface area contributed by atoms with Gasteiger partial charge >= 0.3 is 0 Å². The van der Waals surface area contributed by atoms with Crippen LogP contribution in [-0.4, -0.2) is 22.2 Å². The molecule has 1 aliphatic rings. The molecule has 5 nitrogen and oxygen atoms in total. The molecule has 0 atom stereocenters. The molecule has 1 aliphatic heterocycles. The number of hydrogen-bond donors (Lipinski definition) is 1. The third-order valence-electron chi connectivity index (χ3n) is 3.63. The van der Waals surface area contributed by atoms with E-state index in [1.807, 2.05) is 36.5 Å². The van der Waals surface area contributed by atoms with Crippen LogP contribution in [0.15, 0.2) is 36.5 Å². The molecule has 0 aliphatic carbocycles. The van der Waals surface area contributed by atoms with Crippen LogP contribution in [0.3, 0.4) is 0 Å². The van der Waals surface area contributed by atoms with E-state index in [1.54, 1.807) is 9.58 Å². The van der Waals surface area contributed by atoms with E-state index in [4.69, 9.17) is 5.73 Å². The summed E-state index contributed by atoms with van der Waals surface area (Å²) >= 11 is 0. The molecule has 1 aromatic carbocycles. The lowest BCUT2D eigenvalue weighted by atomic mass is 10.1. The first-order valence-electron chi connectivity index (χ1n) is 6.94. The third-order valence-corrected chi connectivity index (χ3v) is 3.63. The molecule has 104 valence electrons. The van der Waals surface area contributed by atoms with Crippen LogP contribution < -0.4 is 10.6 Å². The van der Waals surface area contributed by atoms with Crippen molar-refractivity contribution in [2.45, 2.75) is 25.8 Å². The minimum atomic E-state index is 0.161. The first-order chi connectivity index (χ1) is 9.79. The van der Waals surface area contributed by atoms with Crippen molar-refractivity contribution in [3.63, 3.8) is 0 Å². The number of hydrogen-bond acceptors (Lipinski definition) is 3. The topological polar surface area (TPSA) is 64.2 Å². The number of nitrogens with zero attached hydrogens (tertiary/aromatic N) is 3. The molecule has 1 saturated heterocycles. The van der Waals surface area contributed by atoms with Crippen molar-refractivity contribution in [1.29, 1.82) is 0 Å². The van der Waals surface area contributed by atoms with Crippen LogP contribution in [0.2, 0.25) is 0 Å². The highest BCUT2D eigenvalue weighted by Gasteiger charge is 2.21. The molecule has 2 N–H and O–H groups in total. The number of carbonyl (C=O) groups is 1. The standard InChI is InChI=1S/C15H18N4O/c16-11-12-5-1-2-6-13(12)19-10-8-14(17-19)18-9-4-3-7-15(18)20/h1-2,5-6,8,10H,3-4,7,9,11,16H2. The second-order valence-corrected chi connectivity index (χ2v) is 4.95. The summed E-state index contributed by atoms with van der Waals surface area (Å²) in [5.74, 6) is 0.884. The quantitative estimate of drug-likeness (QED) is 0.925. The predicted molar refractivity (Wildman–Crippen MR) is 77.7 cm³/mol. The van der Waals surface area contributed by atoms with Gasteiger partial charge in [0.2, 0.25) is 5.91 Å². The molecule has 5 heteroatoms. The van der Waals surface area contributed by atoms with E-state index in [-0.39, 0.29) is 5.91 Å². The summed E-state index contributed by atoms with van der Waals surface area (Å²) in [7, 11) is 0. The van der Waals surface area contributed by atoms with Gasteiger partial charge in [0.1, 0.15) is 0 Å². The predicted octanol–water partition coefficient (Wildman–Crippen LogP) is 1.85. The van der Waals surface area contributed by atoms with Crippen molar-refractivity contribution in [2.75, 3.05) is 11.4 Å². The molecule has 20 heavy (non-hydrogen) atoms. The van der Waals surface area contributed by atoms with Crippen molar-refractivity contribution in [3.8, 4) is 5.69 Å². The van der Waals surface area contributed by atoms with Gasteiger partial charge in [0.05, 0.1) is 5.69 Å². The fraction of sp³-hybridized carbons (Fsp3) is 0.333. The van der Waals surface area contributed by atoms with Crippen LogP contribution in [0.5, 0.6) is 0 Å². The van der Waals surface area contributed by atoms with Crippen LogP contribution >= 0.6 is 0 Å². The minimum absolute atomic E-state index is 0.161. The summed E-state index contributed by atoms with van der Waals surface area (Å²) < 4.78 is 1.79. The lowest BCUT2D eigenvalue weighted by molar-refractivity contribution is -0.119. The van der Waals surface area contributed by atoms with Crippen molar-refractivity contribution >= 4 is 11.7 Å². The van der Waals surface area contributed by atoms with E-state index < -0.39 is 0 Å². The molecule has 1 aromatic heterocycles. The molecule has 0 bridgehead atoms. The normalized spacial score (nSPS) is 15.7. The molecular formula is C15H18N4O. The Morgan fingerprint density at radius 1 is 1.20 bits per heavy atom. The highest BCUT2D eigenvalue weighted by molar-refractivity contribution is 5.92. The summed E-state index contributed by atoms with van der Waals surface area (Å²) in [6, 6.07) is 9.78. The smallest absolute Gasteiger partial charge is 0.228 e. The van der Waals surface area contributed by atoms with E-state index >= 15 is 0 Å². The second-order valence-electron chi connectivity index (χ2n) is 4.95. The van der Waals surface area contributed by atoms with Gasteiger partial charge in [-0.2, -0.15) is 0 Å². The Kier molecular flexibility index (Phi) is 3.52. The Morgan fingerprint density at radius 2 is 2.05 bits per heavy atom. The number of para-hydroxylation sites is 1. The largest absolute Gasteiger partial charge is 0.326 e. The van der Waals surface area contributed by atoms with E-state index in [0.29, 0.717) is 13.0 Å². The summed E-state index contributed by atoms with van der Waals surface area (Å²) in [5.41, 5.74) is 7.75. The molecule has 2 aromatic rings. The lowest BCUT2D eigenvalue weighted by Crippen LogP contribution is -2.35. The maximum atomic E-state index is 11.9. The zero-order valence-electron chi connectivity index (χ0n) is 11.3. The van der Waals surface area contributed by atoms with Gasteiger partial charge in [-0.25, -0.2) is 4.68 Å². The van der Waals surface area contributed by atoms with Gasteiger partial charge in [-0.15, -0.1) is 5.10 Å². The van der Waals surface area contributed by atoms with E-state index in [9.17, 15) is 4.79 Å². The lowest BCUT2D eigenvalue weighted by Gasteiger charge is -2.24. The highest BCUT2D eigenvalue weighted by Crippen LogP contribution is 2.21. The Bertz CT molecular complexity index is 620. The fourth-order valence-electron chi connectivity index (χ4n) is 2.55. The van der Waals surface area contributed by atoms with Crippen LogP contribution in [0.25, 0.3) is 5.69 Å². The SMILES string of the molecule is NCc1ccccc1-n1ccc(N2CCCCC2=O)n1. The molecular weight excluding hydrogens is 252 g/mol. The van der Waals surface area contributed by atoms with Gasteiger partial charge in [0.15, 0.2) is 5.82 Å². The van der Waals surface area contributed by atoms with Crippen molar-refractivity contribution < 1.29 is 4.79 Å². The molecule has 1 fully saturated rings. The Hall–Kier alpha value is -2.14. The molecule has 1 amide bonds. The van der Waals surface area contributed by atoms with Gasteiger partial charge in [0.25, 0.3) is 0 Å². The first kappa shape index (κ1) is 12.9. The Labute approximate surface area is 118 Å². The minimum Gasteiger partial charge on any atom is -0.326 e.